The van der Waals surface area contributed by atoms with Crippen molar-refractivity contribution >= 4 is 0 Å². The summed E-state index contributed by atoms with van der Waals surface area (Å²) in [6.45, 7) is 6.84. The molecule has 1 fully saturated rings. The molecule has 2 unspecified atom stereocenters. The van der Waals surface area contributed by atoms with Crippen LogP contribution in [0.5, 0.6) is 0 Å². The SMILES string of the molecule is CC1CC(OC2c3ccccc3CCc3ccccc32)CC(C)(C)N1. The molecule has 132 valence electrons. The van der Waals surface area contributed by atoms with Crippen LogP contribution in [0.3, 0.4) is 0 Å². The first-order chi connectivity index (χ1) is 12.0. The normalized spacial score (nSPS) is 25.7. The molecule has 1 aliphatic carbocycles. The van der Waals surface area contributed by atoms with E-state index in [2.05, 4.69) is 74.6 Å². The van der Waals surface area contributed by atoms with Crippen LogP contribution < -0.4 is 5.32 Å². The third-order valence-electron chi connectivity index (χ3n) is 5.66. The summed E-state index contributed by atoms with van der Waals surface area (Å²) in [4.78, 5) is 0. The molecule has 25 heavy (non-hydrogen) atoms. The van der Waals surface area contributed by atoms with Crippen LogP contribution in [0.2, 0.25) is 0 Å². The summed E-state index contributed by atoms with van der Waals surface area (Å²) in [5.74, 6) is 0. The van der Waals surface area contributed by atoms with Gasteiger partial charge in [-0.15, -0.1) is 0 Å². The molecule has 4 rings (SSSR count). The van der Waals surface area contributed by atoms with Gasteiger partial charge in [0, 0.05) is 11.6 Å². The lowest BCUT2D eigenvalue weighted by atomic mass is 9.87. The highest BCUT2D eigenvalue weighted by molar-refractivity contribution is 5.43. The summed E-state index contributed by atoms with van der Waals surface area (Å²) in [6, 6.07) is 18.2. The molecular weight excluding hydrogens is 306 g/mol. The summed E-state index contributed by atoms with van der Waals surface area (Å²) in [5, 5.41) is 3.69. The molecule has 1 saturated heterocycles. The third-order valence-corrected chi connectivity index (χ3v) is 5.66. The van der Waals surface area contributed by atoms with Crippen LogP contribution in [-0.4, -0.2) is 17.7 Å². The van der Waals surface area contributed by atoms with E-state index in [1.165, 1.54) is 22.3 Å². The highest BCUT2D eigenvalue weighted by atomic mass is 16.5. The second-order valence-corrected chi connectivity index (χ2v) is 8.40. The predicted octanol–water partition coefficient (Wildman–Crippen LogP) is 4.81. The average molecular weight is 335 g/mol. The van der Waals surface area contributed by atoms with E-state index in [0.29, 0.717) is 6.04 Å². The summed E-state index contributed by atoms with van der Waals surface area (Å²) in [6.07, 6.45) is 4.67. The Morgan fingerprint density at radius 1 is 0.920 bits per heavy atom. The lowest BCUT2D eigenvalue weighted by molar-refractivity contribution is -0.0364. The molecule has 0 aromatic heterocycles. The Morgan fingerprint density at radius 3 is 2.04 bits per heavy atom. The predicted molar refractivity (Wildman–Crippen MR) is 103 cm³/mol. The molecule has 2 nitrogen and oxygen atoms in total. The van der Waals surface area contributed by atoms with E-state index in [9.17, 15) is 0 Å². The van der Waals surface area contributed by atoms with Gasteiger partial charge in [-0.2, -0.15) is 0 Å². The first-order valence-corrected chi connectivity index (χ1v) is 9.60. The lowest BCUT2D eigenvalue weighted by Gasteiger charge is -2.41. The molecule has 0 radical (unpaired) electrons. The van der Waals surface area contributed by atoms with Crippen LogP contribution >= 0.6 is 0 Å². The molecule has 0 saturated carbocycles. The zero-order chi connectivity index (χ0) is 17.4. The van der Waals surface area contributed by atoms with Crippen LogP contribution in [-0.2, 0) is 17.6 Å². The molecule has 1 N–H and O–H groups in total. The second kappa shape index (κ2) is 6.59. The number of ether oxygens (including phenoxy) is 1. The van der Waals surface area contributed by atoms with Crippen molar-refractivity contribution in [3.63, 3.8) is 0 Å². The molecule has 2 aromatic carbocycles. The molecule has 0 bridgehead atoms. The van der Waals surface area contributed by atoms with E-state index >= 15 is 0 Å². The van der Waals surface area contributed by atoms with Crippen LogP contribution in [0.4, 0.5) is 0 Å². The molecule has 1 heterocycles. The molecule has 0 amide bonds. The Balaban J connectivity index is 1.70. The second-order valence-electron chi connectivity index (χ2n) is 8.40. The van der Waals surface area contributed by atoms with Crippen LogP contribution in [0, 0.1) is 0 Å². The maximum absolute atomic E-state index is 6.83. The fourth-order valence-corrected chi connectivity index (χ4v) is 4.75. The van der Waals surface area contributed by atoms with Gasteiger partial charge in [0.2, 0.25) is 0 Å². The van der Waals surface area contributed by atoms with E-state index in [-0.39, 0.29) is 17.7 Å². The summed E-state index contributed by atoms with van der Waals surface area (Å²) >= 11 is 0. The van der Waals surface area contributed by atoms with Crippen molar-refractivity contribution in [2.75, 3.05) is 0 Å². The molecule has 2 aliphatic rings. The minimum absolute atomic E-state index is 0.0565. The zero-order valence-corrected chi connectivity index (χ0v) is 15.6. The first kappa shape index (κ1) is 16.8. The number of nitrogens with one attached hydrogen (secondary N) is 1. The van der Waals surface area contributed by atoms with Crippen molar-refractivity contribution in [3.8, 4) is 0 Å². The monoisotopic (exact) mass is 335 g/mol. The minimum Gasteiger partial charge on any atom is -0.365 e. The van der Waals surface area contributed by atoms with Crippen molar-refractivity contribution in [2.24, 2.45) is 0 Å². The van der Waals surface area contributed by atoms with Gasteiger partial charge in [-0.1, -0.05) is 48.5 Å². The summed E-state index contributed by atoms with van der Waals surface area (Å²) < 4.78 is 6.83. The number of hydrogen-bond acceptors (Lipinski definition) is 2. The smallest absolute Gasteiger partial charge is 0.108 e. The van der Waals surface area contributed by atoms with Crippen LogP contribution in [0.25, 0.3) is 0 Å². The molecular formula is C23H29NO. The molecule has 0 spiro atoms. The van der Waals surface area contributed by atoms with Gasteiger partial charge in [0.15, 0.2) is 0 Å². The molecule has 2 heteroatoms. The van der Waals surface area contributed by atoms with Gasteiger partial charge in [0.1, 0.15) is 6.10 Å². The van der Waals surface area contributed by atoms with E-state index < -0.39 is 0 Å². The number of aryl methyl sites for hydroxylation is 2. The third kappa shape index (κ3) is 3.51. The van der Waals surface area contributed by atoms with E-state index in [4.69, 9.17) is 4.74 Å². The largest absolute Gasteiger partial charge is 0.365 e. The Bertz CT molecular complexity index is 704. The number of benzene rings is 2. The van der Waals surface area contributed by atoms with E-state index in [0.717, 1.165) is 25.7 Å². The highest BCUT2D eigenvalue weighted by Gasteiger charge is 2.35. The Hall–Kier alpha value is -1.64. The standard InChI is InChI=1S/C23H29NO/c1-16-14-19(15-23(2,3)24-16)25-22-20-10-6-4-8-17(20)12-13-18-9-5-7-11-21(18)22/h4-11,16,19,22,24H,12-15H2,1-3H3. The summed E-state index contributed by atoms with van der Waals surface area (Å²) in [5.41, 5.74) is 5.72. The van der Waals surface area contributed by atoms with Gasteiger partial charge in [0.05, 0.1) is 6.10 Å². The number of piperidine rings is 1. The molecule has 2 aromatic rings. The average Bonchev–Trinajstić information content (AvgIpc) is 2.71. The highest BCUT2D eigenvalue weighted by Crippen LogP contribution is 2.38. The maximum atomic E-state index is 6.83. The summed E-state index contributed by atoms with van der Waals surface area (Å²) in [7, 11) is 0. The van der Waals surface area contributed by atoms with Crippen LogP contribution in [0.15, 0.2) is 48.5 Å². The van der Waals surface area contributed by atoms with E-state index in [1.807, 2.05) is 0 Å². The zero-order valence-electron chi connectivity index (χ0n) is 15.6. The van der Waals surface area contributed by atoms with Crippen molar-refractivity contribution < 1.29 is 4.74 Å². The van der Waals surface area contributed by atoms with Gasteiger partial charge in [-0.05, 0) is 68.7 Å². The van der Waals surface area contributed by atoms with Gasteiger partial charge >= 0.3 is 0 Å². The van der Waals surface area contributed by atoms with E-state index in [1.54, 1.807) is 0 Å². The number of fused-ring (bicyclic) bond motifs is 2. The fourth-order valence-electron chi connectivity index (χ4n) is 4.75. The number of rotatable bonds is 2. The minimum atomic E-state index is 0.0565. The van der Waals surface area contributed by atoms with Crippen molar-refractivity contribution in [3.05, 3.63) is 70.8 Å². The van der Waals surface area contributed by atoms with Gasteiger partial charge in [0.25, 0.3) is 0 Å². The lowest BCUT2D eigenvalue weighted by Crippen LogP contribution is -2.53. The Kier molecular flexibility index (Phi) is 4.43. The van der Waals surface area contributed by atoms with Crippen molar-refractivity contribution in [2.45, 2.75) is 70.2 Å². The van der Waals surface area contributed by atoms with Gasteiger partial charge < -0.3 is 10.1 Å². The van der Waals surface area contributed by atoms with Gasteiger partial charge in [-0.3, -0.25) is 0 Å². The number of hydrogen-bond donors (Lipinski definition) is 1. The van der Waals surface area contributed by atoms with Crippen molar-refractivity contribution in [1.29, 1.82) is 0 Å². The quantitative estimate of drug-likeness (QED) is 0.850. The Morgan fingerprint density at radius 2 is 1.48 bits per heavy atom. The Labute approximate surface area is 151 Å². The van der Waals surface area contributed by atoms with Gasteiger partial charge in [-0.25, -0.2) is 0 Å². The van der Waals surface area contributed by atoms with Crippen LogP contribution in [0.1, 0.15) is 62.0 Å². The first-order valence-electron chi connectivity index (χ1n) is 9.60. The molecule has 2 atom stereocenters. The fraction of sp³-hybridized carbons (Fsp3) is 0.478. The topological polar surface area (TPSA) is 21.3 Å². The van der Waals surface area contributed by atoms with Crippen molar-refractivity contribution in [1.82, 2.24) is 5.32 Å². The maximum Gasteiger partial charge on any atom is 0.108 e. The molecule has 1 aliphatic heterocycles.